The van der Waals surface area contributed by atoms with E-state index in [1.54, 1.807) is 0 Å². The van der Waals surface area contributed by atoms with Crippen LogP contribution < -0.4 is 0 Å². The molecule has 0 aromatic heterocycles. The lowest BCUT2D eigenvalue weighted by molar-refractivity contribution is 0.0524. The van der Waals surface area contributed by atoms with E-state index in [2.05, 4.69) is 31.9 Å². The van der Waals surface area contributed by atoms with Crippen LogP contribution in [0.25, 0.3) is 0 Å². The molecule has 0 atom stereocenters. The second kappa shape index (κ2) is 7.88. The Morgan fingerprint density at radius 2 is 2.00 bits per heavy atom. The second-order valence-corrected chi connectivity index (χ2v) is 4.95. The summed E-state index contributed by atoms with van der Waals surface area (Å²) in [7, 11) is 0. The van der Waals surface area contributed by atoms with Gasteiger partial charge in [-0.25, -0.2) is 4.79 Å². The van der Waals surface area contributed by atoms with Crippen molar-refractivity contribution in [2.24, 2.45) is 0 Å². The van der Waals surface area contributed by atoms with Gasteiger partial charge >= 0.3 is 5.97 Å². The highest BCUT2D eigenvalue weighted by molar-refractivity contribution is 9.09. The Balaban J connectivity index is 3.06. The molecular weight excluding hydrogens is 348 g/mol. The van der Waals surface area contributed by atoms with Crippen LogP contribution in [0.1, 0.15) is 34.8 Å². The van der Waals surface area contributed by atoms with Crippen LogP contribution in [-0.2, 0) is 16.5 Å². The summed E-state index contributed by atoms with van der Waals surface area (Å²) in [5.74, 6) is -0.216. The third kappa shape index (κ3) is 4.11. The third-order valence-corrected chi connectivity index (χ3v) is 3.61. The first-order chi connectivity index (χ1) is 8.24. The minimum Gasteiger partial charge on any atom is -0.462 e. The lowest BCUT2D eigenvalue weighted by Crippen LogP contribution is -2.11. The monoisotopic (exact) mass is 362 g/mol. The van der Waals surface area contributed by atoms with Crippen LogP contribution in [0.15, 0.2) is 18.2 Å². The van der Waals surface area contributed by atoms with E-state index < -0.39 is 0 Å². The number of benzene rings is 1. The quantitative estimate of drug-likeness (QED) is 0.562. The van der Waals surface area contributed by atoms with Gasteiger partial charge in [-0.05, 0) is 30.9 Å². The molecule has 17 heavy (non-hydrogen) atoms. The van der Waals surface area contributed by atoms with Crippen molar-refractivity contribution >= 4 is 37.8 Å². The number of alkyl halides is 2. The first-order valence-electron chi connectivity index (χ1n) is 5.64. The van der Waals surface area contributed by atoms with Crippen molar-refractivity contribution in [2.75, 3.05) is 11.9 Å². The zero-order valence-corrected chi connectivity index (χ0v) is 13.0. The van der Waals surface area contributed by atoms with Gasteiger partial charge in [0.15, 0.2) is 0 Å². The molecule has 0 fully saturated rings. The number of ether oxygens (including phenoxy) is 1. The van der Waals surface area contributed by atoms with E-state index >= 15 is 0 Å². The first-order valence-corrected chi connectivity index (χ1v) is 7.88. The molecule has 2 nitrogen and oxygen atoms in total. The van der Waals surface area contributed by atoms with Gasteiger partial charge in [0.2, 0.25) is 0 Å². The molecule has 4 heteroatoms. The normalized spacial score (nSPS) is 10.3. The van der Waals surface area contributed by atoms with E-state index in [-0.39, 0.29) is 5.97 Å². The minimum atomic E-state index is -0.216. The number of aryl methyl sites for hydroxylation is 1. The summed E-state index contributed by atoms with van der Waals surface area (Å²) in [6.07, 6.45) is 1.90. The predicted octanol–water partition coefficient (Wildman–Crippen LogP) is 4.09. The highest BCUT2D eigenvalue weighted by atomic mass is 79.9. The van der Waals surface area contributed by atoms with Gasteiger partial charge in [-0.3, -0.25) is 0 Å². The van der Waals surface area contributed by atoms with Crippen LogP contribution in [0.2, 0.25) is 0 Å². The smallest absolute Gasteiger partial charge is 0.338 e. The van der Waals surface area contributed by atoms with Crippen molar-refractivity contribution in [2.45, 2.75) is 25.1 Å². The van der Waals surface area contributed by atoms with Crippen molar-refractivity contribution in [3.8, 4) is 0 Å². The van der Waals surface area contributed by atoms with Gasteiger partial charge in [0.05, 0.1) is 12.2 Å². The summed E-state index contributed by atoms with van der Waals surface area (Å²) in [5, 5.41) is 1.61. The SMILES string of the molecule is CCOC(=O)c1c(CBr)cccc1CCCBr. The van der Waals surface area contributed by atoms with Gasteiger partial charge in [0.1, 0.15) is 0 Å². The Hall–Kier alpha value is -0.350. The van der Waals surface area contributed by atoms with Crippen LogP contribution in [0.4, 0.5) is 0 Å². The Morgan fingerprint density at radius 1 is 1.29 bits per heavy atom. The summed E-state index contributed by atoms with van der Waals surface area (Å²) in [6.45, 7) is 2.24. The van der Waals surface area contributed by atoms with E-state index in [0.717, 1.165) is 34.9 Å². The molecular formula is C13H16Br2O2. The molecule has 1 aromatic rings. The molecule has 0 spiro atoms. The third-order valence-electron chi connectivity index (χ3n) is 2.44. The number of rotatable bonds is 6. The molecule has 0 N–H and O–H groups in total. The fourth-order valence-electron chi connectivity index (χ4n) is 1.70. The molecule has 0 saturated carbocycles. The van der Waals surface area contributed by atoms with Crippen LogP contribution in [-0.4, -0.2) is 17.9 Å². The first kappa shape index (κ1) is 14.7. The van der Waals surface area contributed by atoms with E-state index in [1.165, 1.54) is 0 Å². The molecule has 0 aliphatic carbocycles. The fraction of sp³-hybridized carbons (Fsp3) is 0.462. The number of carbonyl (C=O) groups excluding carboxylic acids is 1. The van der Waals surface area contributed by atoms with Crippen molar-refractivity contribution in [1.82, 2.24) is 0 Å². The molecule has 0 saturated heterocycles. The van der Waals surface area contributed by atoms with E-state index in [1.807, 2.05) is 25.1 Å². The maximum Gasteiger partial charge on any atom is 0.338 e. The highest BCUT2D eigenvalue weighted by Crippen LogP contribution is 2.20. The lowest BCUT2D eigenvalue weighted by Gasteiger charge is -2.12. The Labute approximate surface area is 119 Å². The zero-order chi connectivity index (χ0) is 12.7. The van der Waals surface area contributed by atoms with E-state index in [9.17, 15) is 4.79 Å². The molecule has 1 aromatic carbocycles. The molecule has 0 aliphatic rings. The number of hydrogen-bond donors (Lipinski definition) is 0. The van der Waals surface area contributed by atoms with Crippen molar-refractivity contribution in [3.05, 3.63) is 34.9 Å². The zero-order valence-electron chi connectivity index (χ0n) is 9.84. The van der Waals surface area contributed by atoms with Crippen LogP contribution in [0, 0.1) is 0 Å². The van der Waals surface area contributed by atoms with Gasteiger partial charge in [-0.15, -0.1) is 0 Å². The molecule has 1 rings (SSSR count). The topological polar surface area (TPSA) is 26.3 Å². The Bertz CT molecular complexity index is 378. The van der Waals surface area contributed by atoms with E-state index in [4.69, 9.17) is 4.74 Å². The number of carbonyl (C=O) groups is 1. The summed E-state index contributed by atoms with van der Waals surface area (Å²) < 4.78 is 5.12. The molecule has 94 valence electrons. The lowest BCUT2D eigenvalue weighted by atomic mass is 9.99. The predicted molar refractivity (Wildman–Crippen MR) is 77.1 cm³/mol. The average molecular weight is 364 g/mol. The molecule has 0 amide bonds. The van der Waals surface area contributed by atoms with Gasteiger partial charge < -0.3 is 4.74 Å². The minimum absolute atomic E-state index is 0.216. The van der Waals surface area contributed by atoms with E-state index in [0.29, 0.717) is 11.9 Å². The Kier molecular flexibility index (Phi) is 6.82. The van der Waals surface area contributed by atoms with Crippen molar-refractivity contribution in [1.29, 1.82) is 0 Å². The van der Waals surface area contributed by atoms with Gasteiger partial charge in [0, 0.05) is 10.7 Å². The van der Waals surface area contributed by atoms with Gasteiger partial charge in [-0.1, -0.05) is 50.1 Å². The van der Waals surface area contributed by atoms with Gasteiger partial charge in [-0.2, -0.15) is 0 Å². The summed E-state index contributed by atoms with van der Waals surface area (Å²) >= 11 is 6.82. The average Bonchev–Trinajstić information content (AvgIpc) is 2.35. The van der Waals surface area contributed by atoms with Crippen molar-refractivity contribution in [3.63, 3.8) is 0 Å². The molecule has 0 bridgehead atoms. The number of halogens is 2. The maximum absolute atomic E-state index is 12.0. The van der Waals surface area contributed by atoms with Crippen molar-refractivity contribution < 1.29 is 9.53 Å². The number of hydrogen-bond acceptors (Lipinski definition) is 2. The summed E-state index contributed by atoms with van der Waals surface area (Å²) in [6, 6.07) is 5.95. The molecule has 0 heterocycles. The molecule has 0 aliphatic heterocycles. The van der Waals surface area contributed by atoms with Crippen LogP contribution >= 0.6 is 31.9 Å². The summed E-state index contributed by atoms with van der Waals surface area (Å²) in [5.41, 5.74) is 2.79. The van der Waals surface area contributed by atoms with Crippen LogP contribution in [0.5, 0.6) is 0 Å². The van der Waals surface area contributed by atoms with Gasteiger partial charge in [0.25, 0.3) is 0 Å². The van der Waals surface area contributed by atoms with Crippen LogP contribution in [0.3, 0.4) is 0 Å². The fourth-order valence-corrected chi connectivity index (χ4v) is 2.44. The largest absolute Gasteiger partial charge is 0.462 e. The molecule has 0 radical (unpaired) electrons. The highest BCUT2D eigenvalue weighted by Gasteiger charge is 2.16. The molecule has 0 unspecified atom stereocenters. The summed E-state index contributed by atoms with van der Waals surface area (Å²) in [4.78, 5) is 12.0. The second-order valence-electron chi connectivity index (χ2n) is 3.60. The Morgan fingerprint density at radius 3 is 2.59 bits per heavy atom. The standard InChI is InChI=1S/C13H16Br2O2/c1-2-17-13(16)12-10(7-4-8-14)5-3-6-11(12)9-15/h3,5-6H,2,4,7-9H2,1H3. The maximum atomic E-state index is 12.0. The number of esters is 1.